The number of hydrogen-bond donors (Lipinski definition) is 1. The van der Waals surface area contributed by atoms with Crippen LogP contribution in [0.4, 0.5) is 5.69 Å². The number of benzene rings is 3. The van der Waals surface area contributed by atoms with Crippen LogP contribution in [0.2, 0.25) is 0 Å². The summed E-state index contributed by atoms with van der Waals surface area (Å²) in [5, 5.41) is 3.02. The van der Waals surface area contributed by atoms with E-state index in [0.29, 0.717) is 39.8 Å². The number of fused-ring (bicyclic) bond motifs is 2. The summed E-state index contributed by atoms with van der Waals surface area (Å²) in [6, 6.07) is 16.0. The van der Waals surface area contributed by atoms with Crippen molar-refractivity contribution in [2.45, 2.75) is 16.9 Å². The molecule has 2 heterocycles. The monoisotopic (exact) mass is 506 g/mol. The lowest BCUT2D eigenvalue weighted by Crippen LogP contribution is -2.44. The molecule has 0 radical (unpaired) electrons. The van der Waals surface area contributed by atoms with E-state index in [0.717, 1.165) is 10.5 Å². The number of likely N-dealkylation sites (N-methyl/N-ethyl adjacent to an activating group) is 1. The molecule has 2 aliphatic heterocycles. The van der Waals surface area contributed by atoms with E-state index in [2.05, 4.69) is 5.32 Å². The minimum atomic E-state index is -0.715. The van der Waals surface area contributed by atoms with Crippen molar-refractivity contribution in [3.8, 4) is 23.0 Å². The van der Waals surface area contributed by atoms with Gasteiger partial charge in [-0.2, -0.15) is 0 Å². The molecule has 0 unspecified atom stereocenters. The van der Waals surface area contributed by atoms with Crippen LogP contribution in [0.5, 0.6) is 23.0 Å². The van der Waals surface area contributed by atoms with Gasteiger partial charge in [-0.1, -0.05) is 12.1 Å². The second-order valence-electron chi connectivity index (χ2n) is 8.46. The van der Waals surface area contributed by atoms with Crippen molar-refractivity contribution in [1.29, 1.82) is 0 Å². The van der Waals surface area contributed by atoms with Crippen LogP contribution >= 0.6 is 11.8 Å². The number of nitrogens with zero attached hydrogens (tertiary/aromatic N) is 1. The third-order valence-corrected chi connectivity index (χ3v) is 7.30. The molecule has 0 fully saturated rings. The maximum Gasteiger partial charge on any atom is 0.254 e. The SMILES string of the molecule is COc1cc2c(cc1OC)[C@H](C(=O)Nc1ccc3c(c1)OCO3)[C@H](c1ccc(SC)cc1)N(C)C2=O. The Kier molecular flexibility index (Phi) is 6.40. The quantitative estimate of drug-likeness (QED) is 0.485. The lowest BCUT2D eigenvalue weighted by molar-refractivity contribution is -0.119. The predicted molar refractivity (Wildman–Crippen MR) is 137 cm³/mol. The number of anilines is 1. The highest BCUT2D eigenvalue weighted by Crippen LogP contribution is 2.46. The van der Waals surface area contributed by atoms with Crippen molar-refractivity contribution in [1.82, 2.24) is 4.90 Å². The number of ether oxygens (including phenoxy) is 4. The van der Waals surface area contributed by atoms with Gasteiger partial charge in [0.15, 0.2) is 23.0 Å². The number of methoxy groups -OCH3 is 2. The molecule has 2 amide bonds. The fourth-order valence-corrected chi connectivity index (χ4v) is 5.15. The lowest BCUT2D eigenvalue weighted by atomic mass is 9.79. The van der Waals surface area contributed by atoms with Gasteiger partial charge in [0.25, 0.3) is 5.91 Å². The second kappa shape index (κ2) is 9.66. The van der Waals surface area contributed by atoms with Gasteiger partial charge in [0.1, 0.15) is 0 Å². The Morgan fingerprint density at radius 3 is 2.39 bits per heavy atom. The third kappa shape index (κ3) is 4.09. The summed E-state index contributed by atoms with van der Waals surface area (Å²) in [6.07, 6.45) is 2.00. The van der Waals surface area contributed by atoms with E-state index in [-0.39, 0.29) is 18.6 Å². The van der Waals surface area contributed by atoms with Gasteiger partial charge in [-0.25, -0.2) is 0 Å². The number of carbonyl (C=O) groups is 2. The summed E-state index contributed by atoms with van der Waals surface area (Å²) in [4.78, 5) is 30.2. The summed E-state index contributed by atoms with van der Waals surface area (Å²) in [5.41, 5.74) is 2.41. The van der Waals surface area contributed by atoms with Crippen molar-refractivity contribution in [3.63, 3.8) is 0 Å². The van der Waals surface area contributed by atoms with Gasteiger partial charge in [-0.15, -0.1) is 11.8 Å². The first-order chi connectivity index (χ1) is 17.4. The number of rotatable bonds is 6. The highest BCUT2D eigenvalue weighted by molar-refractivity contribution is 7.98. The largest absolute Gasteiger partial charge is 0.493 e. The minimum absolute atomic E-state index is 0.144. The average Bonchev–Trinajstić information content (AvgIpc) is 3.37. The Morgan fingerprint density at radius 1 is 1.00 bits per heavy atom. The molecule has 0 saturated carbocycles. The highest BCUT2D eigenvalue weighted by atomic mass is 32.2. The molecule has 36 heavy (non-hydrogen) atoms. The molecule has 3 aromatic rings. The zero-order chi connectivity index (χ0) is 25.4. The van der Waals surface area contributed by atoms with Gasteiger partial charge in [-0.05, 0) is 53.8 Å². The highest BCUT2D eigenvalue weighted by Gasteiger charge is 2.43. The molecule has 0 saturated heterocycles. The van der Waals surface area contributed by atoms with Crippen LogP contribution in [0.1, 0.15) is 33.4 Å². The van der Waals surface area contributed by atoms with E-state index in [4.69, 9.17) is 18.9 Å². The average molecular weight is 507 g/mol. The Hall–Kier alpha value is -3.85. The normalized spacial score (nSPS) is 18.0. The van der Waals surface area contributed by atoms with Crippen molar-refractivity contribution in [2.24, 2.45) is 0 Å². The Balaban J connectivity index is 1.61. The molecule has 0 spiro atoms. The molecular weight excluding hydrogens is 480 g/mol. The minimum Gasteiger partial charge on any atom is -0.493 e. The first-order valence-corrected chi connectivity index (χ1v) is 12.5. The van der Waals surface area contributed by atoms with Crippen LogP contribution in [0.15, 0.2) is 59.5 Å². The number of amides is 2. The molecular formula is C27H26N2O6S. The molecule has 5 rings (SSSR count). The Morgan fingerprint density at radius 2 is 1.69 bits per heavy atom. The molecule has 9 heteroatoms. The molecule has 2 aliphatic rings. The summed E-state index contributed by atoms with van der Waals surface area (Å²) in [7, 11) is 4.76. The maximum atomic E-state index is 13.9. The molecule has 0 aliphatic carbocycles. The van der Waals surface area contributed by atoms with Crippen LogP contribution < -0.4 is 24.3 Å². The summed E-state index contributed by atoms with van der Waals surface area (Å²) in [5.74, 6) is 0.900. The molecule has 2 atom stereocenters. The van der Waals surface area contributed by atoms with Crippen LogP contribution in [-0.4, -0.2) is 51.0 Å². The van der Waals surface area contributed by atoms with Crippen LogP contribution in [0, 0.1) is 0 Å². The zero-order valence-corrected chi connectivity index (χ0v) is 21.2. The van der Waals surface area contributed by atoms with Crippen molar-refractivity contribution < 1.29 is 28.5 Å². The summed E-state index contributed by atoms with van der Waals surface area (Å²) >= 11 is 1.63. The van der Waals surface area contributed by atoms with Crippen molar-refractivity contribution in [2.75, 3.05) is 39.6 Å². The molecule has 8 nitrogen and oxygen atoms in total. The maximum absolute atomic E-state index is 13.9. The van der Waals surface area contributed by atoms with Crippen molar-refractivity contribution >= 4 is 29.3 Å². The number of carbonyl (C=O) groups excluding carboxylic acids is 2. The molecule has 0 bridgehead atoms. The van der Waals surface area contributed by atoms with Crippen molar-refractivity contribution in [3.05, 3.63) is 71.3 Å². The Bertz CT molecular complexity index is 1330. The third-order valence-electron chi connectivity index (χ3n) is 6.55. The zero-order valence-electron chi connectivity index (χ0n) is 20.4. The fraction of sp³-hybridized carbons (Fsp3) is 0.259. The van der Waals surface area contributed by atoms with E-state index in [1.165, 1.54) is 14.2 Å². The summed E-state index contributed by atoms with van der Waals surface area (Å²) < 4.78 is 21.8. The van der Waals surface area contributed by atoms with E-state index in [1.54, 1.807) is 54.0 Å². The topological polar surface area (TPSA) is 86.3 Å². The standard InChI is InChI=1S/C27H26N2O6S/c1-29-25(15-5-8-17(36-4)9-6-15)24(18-12-21(32-2)22(33-3)13-19(18)27(29)31)26(30)28-16-7-10-20-23(11-16)35-14-34-20/h5-13,24-25H,14H2,1-4H3,(H,28,30)/t24-,25-/m0/s1. The van der Waals surface area contributed by atoms with Gasteiger partial charge < -0.3 is 29.2 Å². The van der Waals surface area contributed by atoms with Gasteiger partial charge in [0.2, 0.25) is 12.7 Å². The van der Waals surface area contributed by atoms with E-state index >= 15 is 0 Å². The van der Waals surface area contributed by atoms with Crippen LogP contribution in [0.25, 0.3) is 0 Å². The first kappa shape index (κ1) is 23.9. The molecule has 1 N–H and O–H groups in total. The smallest absolute Gasteiger partial charge is 0.254 e. The van der Waals surface area contributed by atoms with Gasteiger partial charge in [0, 0.05) is 29.3 Å². The predicted octanol–water partition coefficient (Wildman–Crippen LogP) is 4.70. The molecule has 186 valence electrons. The van der Waals surface area contributed by atoms with Gasteiger partial charge in [-0.3, -0.25) is 9.59 Å². The number of thioether (sulfide) groups is 1. The Labute approximate surface area is 213 Å². The number of hydrogen-bond acceptors (Lipinski definition) is 7. The molecule has 3 aromatic carbocycles. The van der Waals surface area contributed by atoms with Crippen LogP contribution in [0.3, 0.4) is 0 Å². The lowest BCUT2D eigenvalue weighted by Gasteiger charge is -2.40. The van der Waals surface area contributed by atoms with Crippen LogP contribution in [-0.2, 0) is 4.79 Å². The van der Waals surface area contributed by atoms with E-state index < -0.39 is 12.0 Å². The number of nitrogens with one attached hydrogen (secondary N) is 1. The second-order valence-corrected chi connectivity index (χ2v) is 9.34. The fourth-order valence-electron chi connectivity index (χ4n) is 4.74. The van der Waals surface area contributed by atoms with Gasteiger partial charge >= 0.3 is 0 Å². The molecule has 0 aromatic heterocycles. The first-order valence-electron chi connectivity index (χ1n) is 11.3. The van der Waals surface area contributed by atoms with Gasteiger partial charge in [0.05, 0.1) is 26.2 Å². The van der Waals surface area contributed by atoms with E-state index in [1.807, 2.05) is 30.5 Å². The summed E-state index contributed by atoms with van der Waals surface area (Å²) in [6.45, 7) is 0.144. The van der Waals surface area contributed by atoms with E-state index in [9.17, 15) is 9.59 Å².